The van der Waals surface area contributed by atoms with Gasteiger partial charge in [-0.25, -0.2) is 4.99 Å². The van der Waals surface area contributed by atoms with E-state index in [0.717, 1.165) is 62.5 Å². The third-order valence-electron chi connectivity index (χ3n) is 4.43. The zero-order valence-corrected chi connectivity index (χ0v) is 15.7. The Morgan fingerprint density at radius 1 is 1.08 bits per heavy atom. The Hall–Kier alpha value is -2.04. The topological polar surface area (TPSA) is 56.7 Å². The predicted octanol–water partition coefficient (Wildman–Crippen LogP) is 3.17. The molecule has 1 fully saturated rings. The number of nitrogens with one attached hydrogen (secondary N) is 2. The lowest BCUT2D eigenvalue weighted by atomic mass is 10.1. The van der Waals surface area contributed by atoms with E-state index in [1.807, 2.05) is 29.2 Å². The minimum atomic E-state index is 0.157. The summed E-state index contributed by atoms with van der Waals surface area (Å²) >= 11 is 0. The van der Waals surface area contributed by atoms with E-state index in [1.165, 1.54) is 12.8 Å². The molecule has 1 aromatic carbocycles. The molecule has 1 aromatic rings. The van der Waals surface area contributed by atoms with E-state index in [4.69, 9.17) is 0 Å². The molecule has 0 atom stereocenters. The summed E-state index contributed by atoms with van der Waals surface area (Å²) in [5.74, 6) is 1.01. The summed E-state index contributed by atoms with van der Waals surface area (Å²) in [6.45, 7) is 8.42. The van der Waals surface area contributed by atoms with E-state index >= 15 is 0 Å². The molecule has 5 heteroatoms. The molecule has 0 radical (unpaired) electrons. The van der Waals surface area contributed by atoms with Crippen molar-refractivity contribution < 1.29 is 4.79 Å². The van der Waals surface area contributed by atoms with Crippen LogP contribution < -0.4 is 10.6 Å². The second kappa shape index (κ2) is 10.7. The minimum absolute atomic E-state index is 0.157. The summed E-state index contributed by atoms with van der Waals surface area (Å²) in [4.78, 5) is 19.1. The van der Waals surface area contributed by atoms with Crippen molar-refractivity contribution in [3.8, 4) is 0 Å². The lowest BCUT2D eigenvalue weighted by molar-refractivity contribution is 0.0724. The molecular weight excluding hydrogens is 312 g/mol. The number of nitrogens with zero attached hydrogens (tertiary/aromatic N) is 2. The SMILES string of the molecule is CCCCNC(=NCc1ccc(C(=O)N2CCCCC2)cc1)NCC. The molecule has 1 amide bonds. The average molecular weight is 345 g/mol. The fourth-order valence-corrected chi connectivity index (χ4v) is 2.93. The van der Waals surface area contributed by atoms with Crippen molar-refractivity contribution in [2.24, 2.45) is 4.99 Å². The quantitative estimate of drug-likeness (QED) is 0.454. The molecule has 2 N–H and O–H groups in total. The maximum absolute atomic E-state index is 12.5. The van der Waals surface area contributed by atoms with Crippen molar-refractivity contribution in [3.05, 3.63) is 35.4 Å². The normalized spacial score (nSPS) is 15.1. The first-order valence-electron chi connectivity index (χ1n) is 9.65. The molecule has 25 heavy (non-hydrogen) atoms. The number of hydrogen-bond acceptors (Lipinski definition) is 2. The van der Waals surface area contributed by atoms with Gasteiger partial charge in [-0.05, 0) is 50.3 Å². The first kappa shape index (κ1) is 19.3. The number of rotatable bonds is 7. The minimum Gasteiger partial charge on any atom is -0.357 e. The van der Waals surface area contributed by atoms with Crippen molar-refractivity contribution in [2.75, 3.05) is 26.2 Å². The number of carbonyl (C=O) groups is 1. The molecule has 2 rings (SSSR count). The number of unbranched alkanes of at least 4 members (excludes halogenated alkanes) is 1. The highest BCUT2D eigenvalue weighted by Gasteiger charge is 2.17. The zero-order valence-electron chi connectivity index (χ0n) is 15.7. The lowest BCUT2D eigenvalue weighted by Crippen LogP contribution is -2.37. The smallest absolute Gasteiger partial charge is 0.253 e. The molecule has 0 aromatic heterocycles. The van der Waals surface area contributed by atoms with Crippen molar-refractivity contribution in [1.82, 2.24) is 15.5 Å². The monoisotopic (exact) mass is 344 g/mol. The highest BCUT2D eigenvalue weighted by atomic mass is 16.2. The fourth-order valence-electron chi connectivity index (χ4n) is 2.93. The van der Waals surface area contributed by atoms with Gasteiger partial charge in [-0.1, -0.05) is 25.5 Å². The molecule has 0 unspecified atom stereocenters. The van der Waals surface area contributed by atoms with Gasteiger partial charge in [0.2, 0.25) is 0 Å². The Balaban J connectivity index is 1.91. The number of likely N-dealkylation sites (tertiary alicyclic amines) is 1. The van der Waals surface area contributed by atoms with E-state index < -0.39 is 0 Å². The van der Waals surface area contributed by atoms with Gasteiger partial charge in [0.05, 0.1) is 6.54 Å². The van der Waals surface area contributed by atoms with Crippen LogP contribution in [-0.4, -0.2) is 42.9 Å². The van der Waals surface area contributed by atoms with Gasteiger partial charge in [0.15, 0.2) is 5.96 Å². The van der Waals surface area contributed by atoms with Crippen LogP contribution in [0.25, 0.3) is 0 Å². The highest BCUT2D eigenvalue weighted by molar-refractivity contribution is 5.94. The maximum Gasteiger partial charge on any atom is 0.253 e. The van der Waals surface area contributed by atoms with Crippen LogP contribution in [0.4, 0.5) is 0 Å². The van der Waals surface area contributed by atoms with Gasteiger partial charge >= 0.3 is 0 Å². The first-order valence-corrected chi connectivity index (χ1v) is 9.65. The van der Waals surface area contributed by atoms with Gasteiger partial charge in [-0.15, -0.1) is 0 Å². The van der Waals surface area contributed by atoms with Gasteiger partial charge in [-0.2, -0.15) is 0 Å². The van der Waals surface area contributed by atoms with E-state index in [0.29, 0.717) is 6.54 Å². The number of carbonyl (C=O) groups excluding carboxylic acids is 1. The molecule has 0 saturated carbocycles. The van der Waals surface area contributed by atoms with Gasteiger partial charge in [-0.3, -0.25) is 4.79 Å². The van der Waals surface area contributed by atoms with Crippen molar-refractivity contribution in [1.29, 1.82) is 0 Å². The molecule has 0 spiro atoms. The molecule has 1 saturated heterocycles. The third-order valence-corrected chi connectivity index (χ3v) is 4.43. The Morgan fingerprint density at radius 2 is 1.80 bits per heavy atom. The number of amides is 1. The Kier molecular flexibility index (Phi) is 8.29. The van der Waals surface area contributed by atoms with Gasteiger partial charge in [0, 0.05) is 31.7 Å². The van der Waals surface area contributed by atoms with Gasteiger partial charge in [0.1, 0.15) is 0 Å². The Labute approximate surface area is 151 Å². The molecule has 5 nitrogen and oxygen atoms in total. The van der Waals surface area contributed by atoms with Crippen LogP contribution in [-0.2, 0) is 6.54 Å². The summed E-state index contributed by atoms with van der Waals surface area (Å²) in [5.41, 5.74) is 1.89. The fraction of sp³-hybridized carbons (Fsp3) is 0.600. The maximum atomic E-state index is 12.5. The van der Waals surface area contributed by atoms with Crippen molar-refractivity contribution >= 4 is 11.9 Å². The van der Waals surface area contributed by atoms with Crippen LogP contribution in [0.1, 0.15) is 61.9 Å². The van der Waals surface area contributed by atoms with Gasteiger partial charge < -0.3 is 15.5 Å². The summed E-state index contributed by atoms with van der Waals surface area (Å²) < 4.78 is 0. The second-order valence-electron chi connectivity index (χ2n) is 6.53. The molecule has 0 aliphatic carbocycles. The molecule has 1 heterocycles. The molecule has 1 aliphatic heterocycles. The average Bonchev–Trinajstić information content (AvgIpc) is 2.67. The Morgan fingerprint density at radius 3 is 2.44 bits per heavy atom. The van der Waals surface area contributed by atoms with Crippen LogP contribution in [0.3, 0.4) is 0 Å². The number of piperidine rings is 1. The Bertz CT molecular complexity index is 547. The standard InChI is InChI=1S/C20H32N4O/c1-3-5-13-22-20(21-4-2)23-16-17-9-11-18(12-10-17)19(25)24-14-7-6-8-15-24/h9-12H,3-8,13-16H2,1-2H3,(H2,21,22,23). The molecule has 0 bridgehead atoms. The molecule has 1 aliphatic rings. The van der Waals surface area contributed by atoms with Crippen LogP contribution in [0, 0.1) is 0 Å². The summed E-state index contributed by atoms with van der Waals surface area (Å²) in [5, 5.41) is 6.61. The van der Waals surface area contributed by atoms with Gasteiger partial charge in [0.25, 0.3) is 5.91 Å². The highest BCUT2D eigenvalue weighted by Crippen LogP contribution is 2.14. The second-order valence-corrected chi connectivity index (χ2v) is 6.53. The summed E-state index contributed by atoms with van der Waals surface area (Å²) in [7, 11) is 0. The van der Waals surface area contributed by atoms with E-state index in [-0.39, 0.29) is 5.91 Å². The lowest BCUT2D eigenvalue weighted by Gasteiger charge is -2.26. The zero-order chi connectivity index (χ0) is 17.9. The third kappa shape index (κ3) is 6.40. The van der Waals surface area contributed by atoms with Crippen LogP contribution in [0.2, 0.25) is 0 Å². The van der Waals surface area contributed by atoms with Crippen LogP contribution in [0.5, 0.6) is 0 Å². The first-order chi connectivity index (χ1) is 12.2. The summed E-state index contributed by atoms with van der Waals surface area (Å²) in [6.07, 6.45) is 5.78. The van der Waals surface area contributed by atoms with E-state index in [9.17, 15) is 4.79 Å². The van der Waals surface area contributed by atoms with E-state index in [1.54, 1.807) is 0 Å². The number of guanidine groups is 1. The number of hydrogen-bond donors (Lipinski definition) is 2. The molecule has 138 valence electrons. The predicted molar refractivity (Wildman–Crippen MR) is 104 cm³/mol. The van der Waals surface area contributed by atoms with Crippen molar-refractivity contribution in [3.63, 3.8) is 0 Å². The largest absolute Gasteiger partial charge is 0.357 e. The number of benzene rings is 1. The van der Waals surface area contributed by atoms with E-state index in [2.05, 4.69) is 29.5 Å². The van der Waals surface area contributed by atoms with Crippen LogP contribution in [0.15, 0.2) is 29.3 Å². The summed E-state index contributed by atoms with van der Waals surface area (Å²) in [6, 6.07) is 7.88. The molecular formula is C20H32N4O. The number of aliphatic imine (C=N–C) groups is 1. The van der Waals surface area contributed by atoms with Crippen LogP contribution >= 0.6 is 0 Å². The van der Waals surface area contributed by atoms with Crippen molar-refractivity contribution in [2.45, 2.75) is 52.5 Å².